The molecule has 1 aromatic carbocycles. The van der Waals surface area contributed by atoms with Crippen molar-refractivity contribution in [3.63, 3.8) is 0 Å². The number of hydrogen-bond acceptors (Lipinski definition) is 3. The molecule has 6 heteroatoms. The highest BCUT2D eigenvalue weighted by molar-refractivity contribution is 7.96. The SMILES string of the molecule is COc1cc(C[S+]2CCCC2)c([N+](=O)[O-])cc1C[S+]1CCCC1. The normalized spacial score (nSPS) is 19.3. The van der Waals surface area contributed by atoms with Crippen LogP contribution in [0.3, 0.4) is 0 Å². The lowest BCUT2D eigenvalue weighted by molar-refractivity contribution is -0.385. The highest BCUT2D eigenvalue weighted by atomic mass is 32.2. The van der Waals surface area contributed by atoms with Gasteiger partial charge in [0.05, 0.1) is 17.6 Å². The molecule has 2 heterocycles. The second kappa shape index (κ2) is 7.79. The third kappa shape index (κ3) is 4.15. The predicted molar refractivity (Wildman–Crippen MR) is 99.7 cm³/mol. The zero-order valence-electron chi connectivity index (χ0n) is 13.7. The van der Waals surface area contributed by atoms with E-state index in [1.165, 1.54) is 48.7 Å². The summed E-state index contributed by atoms with van der Waals surface area (Å²) in [5.41, 5.74) is 2.21. The molecule has 3 rings (SSSR count). The minimum Gasteiger partial charge on any atom is -0.496 e. The average molecular weight is 356 g/mol. The lowest BCUT2D eigenvalue weighted by Gasteiger charge is -2.11. The van der Waals surface area contributed by atoms with Crippen LogP contribution >= 0.6 is 0 Å². The molecule has 0 spiro atoms. The fourth-order valence-electron chi connectivity index (χ4n) is 3.40. The molecule has 2 fully saturated rings. The van der Waals surface area contributed by atoms with Gasteiger partial charge in [-0.1, -0.05) is 0 Å². The summed E-state index contributed by atoms with van der Waals surface area (Å²) in [4.78, 5) is 11.4. The fourth-order valence-corrected chi connectivity index (χ4v) is 8.17. The Morgan fingerprint density at radius 3 is 2.00 bits per heavy atom. The molecule has 2 aliphatic rings. The lowest BCUT2D eigenvalue weighted by Crippen LogP contribution is -2.11. The van der Waals surface area contributed by atoms with Gasteiger partial charge in [-0.2, -0.15) is 0 Å². The Balaban J connectivity index is 1.87. The Hall–Kier alpha value is -0.880. The van der Waals surface area contributed by atoms with Crippen LogP contribution in [0, 0.1) is 10.1 Å². The maximum absolute atomic E-state index is 11.6. The van der Waals surface area contributed by atoms with E-state index in [-0.39, 0.29) is 4.92 Å². The third-order valence-corrected chi connectivity index (χ3v) is 9.53. The topological polar surface area (TPSA) is 52.4 Å². The Bertz CT molecular complexity index is 567. The summed E-state index contributed by atoms with van der Waals surface area (Å²) >= 11 is 0. The average Bonchev–Trinajstić information content (AvgIpc) is 3.21. The van der Waals surface area contributed by atoms with E-state index in [1.54, 1.807) is 13.2 Å². The Labute approximate surface area is 143 Å². The van der Waals surface area contributed by atoms with Crippen LogP contribution < -0.4 is 4.74 Å². The molecule has 0 aliphatic carbocycles. The van der Waals surface area contributed by atoms with E-state index >= 15 is 0 Å². The number of ether oxygens (including phenoxy) is 1. The summed E-state index contributed by atoms with van der Waals surface area (Å²) in [6.07, 6.45) is 5.15. The number of benzene rings is 1. The summed E-state index contributed by atoms with van der Waals surface area (Å²) in [5.74, 6) is 7.63. The molecule has 0 atom stereocenters. The molecule has 0 radical (unpaired) electrons. The summed E-state index contributed by atoms with van der Waals surface area (Å²) in [7, 11) is 2.38. The number of nitrogens with zero attached hydrogens (tertiary/aromatic N) is 1. The van der Waals surface area contributed by atoms with Crippen LogP contribution in [-0.2, 0) is 33.3 Å². The Morgan fingerprint density at radius 1 is 1.00 bits per heavy atom. The monoisotopic (exact) mass is 355 g/mol. The van der Waals surface area contributed by atoms with Gasteiger partial charge in [0.1, 0.15) is 40.3 Å². The Kier molecular flexibility index (Phi) is 5.75. The van der Waals surface area contributed by atoms with E-state index < -0.39 is 0 Å². The van der Waals surface area contributed by atoms with Crippen LogP contribution in [-0.4, -0.2) is 35.0 Å². The van der Waals surface area contributed by atoms with Crippen LogP contribution in [0.4, 0.5) is 5.69 Å². The van der Waals surface area contributed by atoms with E-state index in [1.807, 2.05) is 6.07 Å². The van der Waals surface area contributed by atoms with Gasteiger partial charge in [-0.25, -0.2) is 0 Å². The summed E-state index contributed by atoms with van der Waals surface area (Å²) in [5, 5.41) is 11.6. The number of rotatable bonds is 6. The first-order valence-corrected chi connectivity index (χ1v) is 11.8. The minimum absolute atomic E-state index is 0.199. The van der Waals surface area contributed by atoms with Gasteiger partial charge in [-0.15, -0.1) is 0 Å². The molecule has 0 amide bonds. The van der Waals surface area contributed by atoms with Crippen molar-refractivity contribution >= 4 is 27.5 Å². The molecule has 4 nitrogen and oxygen atoms in total. The molecule has 1 aromatic rings. The van der Waals surface area contributed by atoms with Crippen molar-refractivity contribution in [1.82, 2.24) is 0 Å². The summed E-state index contributed by atoms with van der Waals surface area (Å²) < 4.78 is 5.58. The summed E-state index contributed by atoms with van der Waals surface area (Å²) in [6.45, 7) is 0. The van der Waals surface area contributed by atoms with E-state index in [4.69, 9.17) is 4.74 Å². The molecular weight excluding hydrogens is 330 g/mol. The van der Waals surface area contributed by atoms with Crippen LogP contribution in [0.25, 0.3) is 0 Å². The molecule has 23 heavy (non-hydrogen) atoms. The first-order chi connectivity index (χ1) is 11.2. The number of nitro groups is 1. The molecule has 126 valence electrons. The van der Waals surface area contributed by atoms with Gasteiger partial charge in [-0.3, -0.25) is 10.1 Å². The van der Waals surface area contributed by atoms with E-state index in [0.29, 0.717) is 27.5 Å². The van der Waals surface area contributed by atoms with E-state index in [9.17, 15) is 10.1 Å². The van der Waals surface area contributed by atoms with Crippen LogP contribution in [0.2, 0.25) is 0 Å². The minimum atomic E-state index is -0.199. The van der Waals surface area contributed by atoms with Crippen molar-refractivity contribution in [3.8, 4) is 5.75 Å². The molecule has 0 aromatic heterocycles. The van der Waals surface area contributed by atoms with Crippen molar-refractivity contribution in [1.29, 1.82) is 0 Å². The van der Waals surface area contributed by atoms with Crippen molar-refractivity contribution in [2.75, 3.05) is 30.1 Å². The van der Waals surface area contributed by atoms with Crippen molar-refractivity contribution in [3.05, 3.63) is 33.4 Å². The highest BCUT2D eigenvalue weighted by Gasteiger charge is 2.31. The zero-order valence-corrected chi connectivity index (χ0v) is 15.3. The first-order valence-electron chi connectivity index (χ1n) is 8.29. The summed E-state index contributed by atoms with van der Waals surface area (Å²) in [6, 6.07) is 3.76. The maximum Gasteiger partial charge on any atom is 0.278 e. The molecule has 0 unspecified atom stereocenters. The molecule has 2 saturated heterocycles. The second-order valence-corrected chi connectivity index (χ2v) is 11.0. The largest absolute Gasteiger partial charge is 0.496 e. The molecule has 0 N–H and O–H groups in total. The number of methoxy groups -OCH3 is 1. The van der Waals surface area contributed by atoms with Crippen molar-refractivity contribution in [2.45, 2.75) is 37.2 Å². The van der Waals surface area contributed by atoms with E-state index in [2.05, 4.69) is 0 Å². The molecule has 2 aliphatic heterocycles. The van der Waals surface area contributed by atoms with Gasteiger partial charge in [-0.05, 0) is 53.5 Å². The van der Waals surface area contributed by atoms with Gasteiger partial charge >= 0.3 is 0 Å². The van der Waals surface area contributed by atoms with Crippen LogP contribution in [0.5, 0.6) is 5.75 Å². The third-order valence-electron chi connectivity index (χ3n) is 4.63. The second-order valence-electron chi connectivity index (χ2n) is 6.29. The maximum atomic E-state index is 11.6. The van der Waals surface area contributed by atoms with Gasteiger partial charge in [0.15, 0.2) is 0 Å². The van der Waals surface area contributed by atoms with Gasteiger partial charge in [0.25, 0.3) is 5.69 Å². The smallest absolute Gasteiger partial charge is 0.278 e. The highest BCUT2D eigenvalue weighted by Crippen LogP contribution is 2.34. The predicted octanol–water partition coefficient (Wildman–Crippen LogP) is 3.43. The lowest BCUT2D eigenvalue weighted by atomic mass is 10.1. The Morgan fingerprint density at radius 2 is 1.52 bits per heavy atom. The quantitative estimate of drug-likeness (QED) is 0.446. The number of nitro benzene ring substituents is 1. The molecule has 0 bridgehead atoms. The molecule has 0 saturated carbocycles. The fraction of sp³-hybridized carbons (Fsp3) is 0.647. The van der Waals surface area contributed by atoms with Gasteiger partial charge in [0.2, 0.25) is 0 Å². The standard InChI is InChI=1S/C17H25NO3S2/c1-21-17-11-14(12-22-6-2-3-7-22)16(18(19)20)10-15(17)13-23-8-4-5-9-23/h10-11H,2-9,12-13H2,1H3/q+2. The van der Waals surface area contributed by atoms with Gasteiger partial charge in [0, 0.05) is 11.6 Å². The molecular formula is C17H25NO3S2+2. The van der Waals surface area contributed by atoms with Crippen molar-refractivity contribution < 1.29 is 9.66 Å². The first kappa shape index (κ1) is 17.0. The van der Waals surface area contributed by atoms with Crippen molar-refractivity contribution in [2.24, 2.45) is 0 Å². The van der Waals surface area contributed by atoms with E-state index in [0.717, 1.165) is 28.4 Å². The number of hydrogen-bond donors (Lipinski definition) is 0. The van der Waals surface area contributed by atoms with Crippen LogP contribution in [0.15, 0.2) is 12.1 Å². The van der Waals surface area contributed by atoms with Gasteiger partial charge < -0.3 is 4.74 Å². The zero-order chi connectivity index (χ0) is 16.2. The van der Waals surface area contributed by atoms with Crippen LogP contribution in [0.1, 0.15) is 36.8 Å².